The molecular weight excluding hydrogens is 180 g/mol. The van der Waals surface area contributed by atoms with E-state index in [9.17, 15) is 0 Å². The molecule has 0 amide bonds. The Hall–Kier alpha value is -0.560. The van der Waals surface area contributed by atoms with Gasteiger partial charge in [0.1, 0.15) is 6.61 Å². The van der Waals surface area contributed by atoms with Crippen molar-refractivity contribution in [3.63, 3.8) is 0 Å². The molecule has 14 heavy (non-hydrogen) atoms. The molecule has 0 aromatic heterocycles. The number of hydrogen-bond donors (Lipinski definition) is 1. The molecule has 0 spiro atoms. The smallest absolute Gasteiger partial charge is 0.158 e. The zero-order valence-corrected chi connectivity index (χ0v) is 8.66. The summed E-state index contributed by atoms with van der Waals surface area (Å²) >= 11 is 0. The molecule has 0 aromatic rings. The Kier molecular flexibility index (Phi) is 5.62. The Labute approximate surface area is 85.4 Å². The van der Waals surface area contributed by atoms with Crippen molar-refractivity contribution in [3.8, 4) is 11.8 Å². The van der Waals surface area contributed by atoms with Crippen molar-refractivity contribution in [2.24, 2.45) is 0 Å². The van der Waals surface area contributed by atoms with Crippen molar-refractivity contribution in [1.29, 1.82) is 0 Å². The number of rotatable bonds is 3. The van der Waals surface area contributed by atoms with Crippen LogP contribution in [0.1, 0.15) is 32.6 Å². The van der Waals surface area contributed by atoms with E-state index in [2.05, 4.69) is 11.8 Å². The average Bonchev–Trinajstić information content (AvgIpc) is 2.18. The zero-order chi connectivity index (χ0) is 10.2. The summed E-state index contributed by atoms with van der Waals surface area (Å²) < 4.78 is 10.8. The second kappa shape index (κ2) is 6.83. The monoisotopic (exact) mass is 198 g/mol. The molecule has 1 saturated heterocycles. The molecule has 1 fully saturated rings. The van der Waals surface area contributed by atoms with Crippen LogP contribution in [0.4, 0.5) is 0 Å². The quantitative estimate of drug-likeness (QED) is 0.695. The van der Waals surface area contributed by atoms with E-state index in [-0.39, 0.29) is 12.4 Å². The van der Waals surface area contributed by atoms with Crippen molar-refractivity contribution in [3.05, 3.63) is 0 Å². The van der Waals surface area contributed by atoms with Gasteiger partial charge >= 0.3 is 0 Å². The molecule has 2 atom stereocenters. The molecule has 1 aliphatic rings. The summed E-state index contributed by atoms with van der Waals surface area (Å²) in [5.74, 6) is 5.70. The maximum atomic E-state index is 8.93. The van der Waals surface area contributed by atoms with E-state index in [1.54, 1.807) is 6.92 Å². The first-order chi connectivity index (χ1) is 6.79. The number of hydrogen-bond acceptors (Lipinski definition) is 3. The minimum atomic E-state index is -0.353. The van der Waals surface area contributed by atoms with Gasteiger partial charge in [-0.3, -0.25) is 0 Å². The minimum Gasteiger partial charge on any atom is -0.392 e. The van der Waals surface area contributed by atoms with Crippen molar-refractivity contribution in [2.75, 3.05) is 13.2 Å². The second-order valence-corrected chi connectivity index (χ2v) is 3.51. The predicted octanol–water partition coefficient (Wildman–Crippen LogP) is 1.30. The van der Waals surface area contributed by atoms with Crippen LogP contribution in [-0.4, -0.2) is 30.7 Å². The average molecular weight is 198 g/mol. The molecule has 80 valence electrons. The number of aliphatic hydroxyl groups excluding tert-OH is 1. The van der Waals surface area contributed by atoms with Gasteiger partial charge in [0.05, 0.1) is 6.10 Å². The maximum absolute atomic E-state index is 8.93. The van der Waals surface area contributed by atoms with Gasteiger partial charge in [0.2, 0.25) is 0 Å². The molecule has 3 nitrogen and oxygen atoms in total. The molecule has 1 N–H and O–H groups in total. The molecular formula is C11H18O3. The van der Waals surface area contributed by atoms with E-state index < -0.39 is 0 Å². The first-order valence-corrected chi connectivity index (χ1v) is 5.16. The van der Waals surface area contributed by atoms with E-state index in [4.69, 9.17) is 14.6 Å². The van der Waals surface area contributed by atoms with Crippen LogP contribution in [0, 0.1) is 11.8 Å². The Morgan fingerprint density at radius 1 is 1.50 bits per heavy atom. The summed E-state index contributed by atoms with van der Waals surface area (Å²) in [4.78, 5) is 0. The summed E-state index contributed by atoms with van der Waals surface area (Å²) in [7, 11) is 0. The Bertz CT molecular complexity index is 196. The molecule has 1 aliphatic heterocycles. The van der Waals surface area contributed by atoms with Crippen LogP contribution in [0.25, 0.3) is 0 Å². The lowest BCUT2D eigenvalue weighted by atomic mass is 10.2. The Balaban J connectivity index is 2.03. The highest BCUT2D eigenvalue weighted by Crippen LogP contribution is 2.12. The third kappa shape index (κ3) is 5.23. The third-order valence-corrected chi connectivity index (χ3v) is 2.00. The normalized spacial score (nSPS) is 23.7. The molecule has 3 heteroatoms. The molecule has 0 unspecified atom stereocenters. The molecule has 0 bridgehead atoms. The van der Waals surface area contributed by atoms with Crippen LogP contribution in [0.5, 0.6) is 0 Å². The molecule has 0 radical (unpaired) electrons. The highest BCUT2D eigenvalue weighted by molar-refractivity contribution is 5.00. The largest absolute Gasteiger partial charge is 0.392 e. The van der Waals surface area contributed by atoms with Gasteiger partial charge in [-0.25, -0.2) is 0 Å². The summed E-state index contributed by atoms with van der Waals surface area (Å²) in [6.07, 6.45) is 3.37. The fourth-order valence-electron chi connectivity index (χ4n) is 1.25. The fraction of sp³-hybridized carbons (Fsp3) is 0.818. The highest BCUT2D eigenvalue weighted by atomic mass is 16.7. The van der Waals surface area contributed by atoms with Crippen molar-refractivity contribution in [1.82, 2.24) is 0 Å². The predicted molar refractivity (Wildman–Crippen MR) is 53.6 cm³/mol. The van der Waals surface area contributed by atoms with Crippen molar-refractivity contribution >= 4 is 0 Å². The van der Waals surface area contributed by atoms with Gasteiger partial charge in [0.25, 0.3) is 0 Å². The van der Waals surface area contributed by atoms with Crippen LogP contribution in [0.2, 0.25) is 0 Å². The lowest BCUT2D eigenvalue weighted by Crippen LogP contribution is -2.22. The number of aliphatic hydroxyl groups is 1. The van der Waals surface area contributed by atoms with Gasteiger partial charge in [0.15, 0.2) is 6.29 Å². The van der Waals surface area contributed by atoms with Crippen LogP contribution < -0.4 is 0 Å². The van der Waals surface area contributed by atoms with E-state index in [0.29, 0.717) is 13.0 Å². The highest BCUT2D eigenvalue weighted by Gasteiger charge is 2.12. The van der Waals surface area contributed by atoms with Gasteiger partial charge in [-0.05, 0) is 26.2 Å². The molecule has 0 aromatic carbocycles. The summed E-state index contributed by atoms with van der Waals surface area (Å²) in [5.41, 5.74) is 0. The van der Waals surface area contributed by atoms with E-state index in [0.717, 1.165) is 19.4 Å². The molecule has 1 rings (SSSR count). The number of ether oxygens (including phenoxy) is 2. The molecule has 1 heterocycles. The van der Waals surface area contributed by atoms with Gasteiger partial charge in [0, 0.05) is 13.0 Å². The Morgan fingerprint density at radius 2 is 2.36 bits per heavy atom. The van der Waals surface area contributed by atoms with Crippen LogP contribution in [0.3, 0.4) is 0 Å². The van der Waals surface area contributed by atoms with Gasteiger partial charge in [-0.15, -0.1) is 0 Å². The lowest BCUT2D eigenvalue weighted by Gasteiger charge is -2.21. The van der Waals surface area contributed by atoms with E-state index >= 15 is 0 Å². The zero-order valence-electron chi connectivity index (χ0n) is 8.66. The topological polar surface area (TPSA) is 38.7 Å². The van der Waals surface area contributed by atoms with E-state index in [1.165, 1.54) is 6.42 Å². The van der Waals surface area contributed by atoms with Gasteiger partial charge < -0.3 is 14.6 Å². The lowest BCUT2D eigenvalue weighted by molar-refractivity contribution is -0.154. The fourth-order valence-corrected chi connectivity index (χ4v) is 1.25. The third-order valence-electron chi connectivity index (χ3n) is 2.00. The SMILES string of the molecule is C[C@H](O)CC#CCO[C@@H]1CCCCO1. The van der Waals surface area contributed by atoms with Crippen LogP contribution in [0.15, 0.2) is 0 Å². The first kappa shape index (κ1) is 11.5. The maximum Gasteiger partial charge on any atom is 0.158 e. The van der Waals surface area contributed by atoms with Crippen LogP contribution in [-0.2, 0) is 9.47 Å². The summed E-state index contributed by atoms with van der Waals surface area (Å²) in [5, 5.41) is 8.93. The summed E-state index contributed by atoms with van der Waals surface area (Å²) in [6.45, 7) is 2.92. The Morgan fingerprint density at radius 3 is 3.00 bits per heavy atom. The second-order valence-electron chi connectivity index (χ2n) is 3.51. The first-order valence-electron chi connectivity index (χ1n) is 5.16. The minimum absolute atomic E-state index is 0.0652. The standard InChI is InChI=1S/C11H18O3/c1-10(12)6-2-4-8-13-11-7-3-5-9-14-11/h10-12H,3,5-9H2,1H3/t10-,11-/m0/s1. The van der Waals surface area contributed by atoms with E-state index in [1.807, 2.05) is 0 Å². The summed E-state index contributed by atoms with van der Waals surface area (Å²) in [6, 6.07) is 0. The van der Waals surface area contributed by atoms with Crippen LogP contribution >= 0.6 is 0 Å². The van der Waals surface area contributed by atoms with Crippen molar-refractivity contribution < 1.29 is 14.6 Å². The molecule has 0 aliphatic carbocycles. The van der Waals surface area contributed by atoms with Crippen molar-refractivity contribution in [2.45, 2.75) is 45.0 Å². The van der Waals surface area contributed by atoms with Gasteiger partial charge in [-0.2, -0.15) is 0 Å². The molecule has 0 saturated carbocycles. The van der Waals surface area contributed by atoms with Gasteiger partial charge in [-0.1, -0.05) is 11.8 Å².